The number of anilines is 1. The van der Waals surface area contributed by atoms with Gasteiger partial charge in [0.1, 0.15) is 11.4 Å². The zero-order valence-electron chi connectivity index (χ0n) is 11.6. The molecule has 6 nitrogen and oxygen atoms in total. The lowest BCUT2D eigenvalue weighted by molar-refractivity contribution is -0.141. The number of halogens is 3. The maximum atomic E-state index is 12.6. The standard InChI is InChI=1S/C14H10F3N5O/c15-14(16,17)12-4-6-19-13(21-12)20-8-9-7-11(22-23-9)10-3-1-2-5-18-10/h1-7H,8H2,(H,19,20,21). The highest BCUT2D eigenvalue weighted by atomic mass is 19.4. The van der Waals surface area contributed by atoms with E-state index < -0.39 is 11.9 Å². The molecule has 0 atom stereocenters. The minimum absolute atomic E-state index is 0.0984. The normalized spacial score (nSPS) is 11.4. The molecule has 0 amide bonds. The molecule has 0 saturated carbocycles. The van der Waals surface area contributed by atoms with Crippen molar-refractivity contribution < 1.29 is 17.7 Å². The molecule has 3 rings (SSSR count). The fraction of sp³-hybridized carbons (Fsp3) is 0.143. The number of hydrogen-bond donors (Lipinski definition) is 1. The van der Waals surface area contributed by atoms with E-state index in [0.29, 0.717) is 17.1 Å². The lowest BCUT2D eigenvalue weighted by Crippen LogP contribution is -2.11. The Morgan fingerprint density at radius 2 is 1.91 bits per heavy atom. The second kappa shape index (κ2) is 6.03. The van der Waals surface area contributed by atoms with Crippen LogP contribution in [0.2, 0.25) is 0 Å². The molecule has 0 unspecified atom stereocenters. The minimum atomic E-state index is -4.52. The van der Waals surface area contributed by atoms with Gasteiger partial charge in [-0.15, -0.1) is 0 Å². The molecule has 0 aliphatic carbocycles. The number of nitrogens with one attached hydrogen (secondary N) is 1. The summed E-state index contributed by atoms with van der Waals surface area (Å²) in [6.07, 6.45) is -1.85. The lowest BCUT2D eigenvalue weighted by Gasteiger charge is -2.07. The second-order valence-electron chi connectivity index (χ2n) is 4.51. The highest BCUT2D eigenvalue weighted by molar-refractivity contribution is 5.53. The van der Waals surface area contributed by atoms with E-state index in [2.05, 4.69) is 25.4 Å². The Bertz CT molecular complexity index is 788. The Kier molecular flexibility index (Phi) is 3.92. The van der Waals surface area contributed by atoms with Crippen LogP contribution in [-0.4, -0.2) is 20.1 Å². The van der Waals surface area contributed by atoms with Crippen LogP contribution in [0.3, 0.4) is 0 Å². The van der Waals surface area contributed by atoms with E-state index in [9.17, 15) is 13.2 Å². The van der Waals surface area contributed by atoms with Crippen molar-refractivity contribution in [2.24, 2.45) is 0 Å². The van der Waals surface area contributed by atoms with Crippen molar-refractivity contribution in [1.82, 2.24) is 20.1 Å². The first-order valence-corrected chi connectivity index (χ1v) is 6.53. The third-order valence-corrected chi connectivity index (χ3v) is 2.85. The highest BCUT2D eigenvalue weighted by Crippen LogP contribution is 2.27. The summed E-state index contributed by atoms with van der Waals surface area (Å²) in [6, 6.07) is 7.80. The first-order valence-electron chi connectivity index (χ1n) is 6.53. The fourth-order valence-electron chi connectivity index (χ4n) is 1.80. The molecule has 0 aromatic carbocycles. The molecule has 118 valence electrons. The Hall–Kier alpha value is -2.97. The Balaban J connectivity index is 1.69. The van der Waals surface area contributed by atoms with Gasteiger partial charge in [0, 0.05) is 18.5 Å². The Morgan fingerprint density at radius 3 is 2.65 bits per heavy atom. The average Bonchev–Trinajstić information content (AvgIpc) is 3.02. The maximum Gasteiger partial charge on any atom is 0.433 e. The zero-order chi connectivity index (χ0) is 16.3. The van der Waals surface area contributed by atoms with Crippen molar-refractivity contribution in [2.45, 2.75) is 12.7 Å². The van der Waals surface area contributed by atoms with Crippen molar-refractivity contribution in [3.8, 4) is 11.4 Å². The van der Waals surface area contributed by atoms with Crippen LogP contribution < -0.4 is 5.32 Å². The van der Waals surface area contributed by atoms with E-state index in [-0.39, 0.29) is 12.5 Å². The predicted molar refractivity (Wildman–Crippen MR) is 74.1 cm³/mol. The summed E-state index contributed by atoms with van der Waals surface area (Å²) in [5.41, 5.74) is 0.159. The molecule has 0 radical (unpaired) electrons. The monoisotopic (exact) mass is 321 g/mol. The van der Waals surface area contributed by atoms with E-state index >= 15 is 0 Å². The van der Waals surface area contributed by atoms with E-state index in [1.54, 1.807) is 24.4 Å². The van der Waals surface area contributed by atoms with Crippen LogP contribution >= 0.6 is 0 Å². The highest BCUT2D eigenvalue weighted by Gasteiger charge is 2.32. The number of pyridine rings is 1. The van der Waals surface area contributed by atoms with Crippen LogP contribution in [0.5, 0.6) is 0 Å². The van der Waals surface area contributed by atoms with Crippen LogP contribution in [0, 0.1) is 0 Å². The predicted octanol–water partition coefficient (Wildman–Crippen LogP) is 3.16. The topological polar surface area (TPSA) is 76.7 Å². The second-order valence-corrected chi connectivity index (χ2v) is 4.51. The summed E-state index contributed by atoms with van der Waals surface area (Å²) in [6.45, 7) is 0.0984. The molecule has 0 fully saturated rings. The van der Waals surface area contributed by atoms with Gasteiger partial charge in [-0.2, -0.15) is 13.2 Å². The van der Waals surface area contributed by atoms with Crippen molar-refractivity contribution in [2.75, 3.05) is 5.32 Å². The third-order valence-electron chi connectivity index (χ3n) is 2.85. The molecule has 3 heterocycles. The molecule has 1 N–H and O–H groups in total. The summed E-state index contributed by atoms with van der Waals surface area (Å²) >= 11 is 0. The van der Waals surface area contributed by atoms with Gasteiger partial charge >= 0.3 is 6.18 Å². The molecule has 23 heavy (non-hydrogen) atoms. The van der Waals surface area contributed by atoms with Crippen LogP contribution in [0.25, 0.3) is 11.4 Å². The number of hydrogen-bond acceptors (Lipinski definition) is 6. The van der Waals surface area contributed by atoms with E-state index in [1.807, 2.05) is 6.07 Å². The number of aromatic nitrogens is 4. The smallest absolute Gasteiger partial charge is 0.359 e. The summed E-state index contributed by atoms with van der Waals surface area (Å²) in [7, 11) is 0. The maximum absolute atomic E-state index is 12.6. The number of alkyl halides is 3. The van der Waals surface area contributed by atoms with Gasteiger partial charge in [0.25, 0.3) is 0 Å². The molecule has 0 saturated heterocycles. The molecule has 3 aromatic heterocycles. The first-order chi connectivity index (χ1) is 11.0. The van der Waals surface area contributed by atoms with Gasteiger partial charge in [-0.25, -0.2) is 9.97 Å². The van der Waals surface area contributed by atoms with Crippen molar-refractivity contribution in [3.63, 3.8) is 0 Å². The van der Waals surface area contributed by atoms with E-state index in [4.69, 9.17) is 4.52 Å². The van der Waals surface area contributed by atoms with Gasteiger partial charge in [0.05, 0.1) is 12.2 Å². The van der Waals surface area contributed by atoms with E-state index in [1.165, 1.54) is 0 Å². The SMILES string of the molecule is FC(F)(F)c1ccnc(NCc2cc(-c3ccccn3)no2)n1. The van der Waals surface area contributed by atoms with Crippen molar-refractivity contribution >= 4 is 5.95 Å². The van der Waals surface area contributed by atoms with Crippen LogP contribution in [0.15, 0.2) is 47.2 Å². The summed E-state index contributed by atoms with van der Waals surface area (Å²) < 4.78 is 42.8. The summed E-state index contributed by atoms with van der Waals surface area (Å²) in [4.78, 5) is 11.3. The van der Waals surface area contributed by atoms with E-state index in [0.717, 1.165) is 12.3 Å². The van der Waals surface area contributed by atoms with Gasteiger partial charge in [0.15, 0.2) is 5.76 Å². The van der Waals surface area contributed by atoms with Gasteiger partial charge in [-0.3, -0.25) is 4.98 Å². The first kappa shape index (κ1) is 14.9. The largest absolute Gasteiger partial charge is 0.433 e. The summed E-state index contributed by atoms with van der Waals surface area (Å²) in [5, 5.41) is 6.52. The van der Waals surface area contributed by atoms with Gasteiger partial charge in [0.2, 0.25) is 5.95 Å². The molecule has 0 aliphatic rings. The van der Waals surface area contributed by atoms with Crippen molar-refractivity contribution in [3.05, 3.63) is 54.2 Å². The number of rotatable bonds is 4. The number of nitrogens with zero attached hydrogens (tertiary/aromatic N) is 4. The minimum Gasteiger partial charge on any atom is -0.359 e. The van der Waals surface area contributed by atoms with Crippen LogP contribution in [0.1, 0.15) is 11.5 Å². The van der Waals surface area contributed by atoms with Gasteiger partial charge in [-0.1, -0.05) is 11.2 Å². The lowest BCUT2D eigenvalue weighted by atomic mass is 10.2. The fourth-order valence-corrected chi connectivity index (χ4v) is 1.80. The molecule has 0 bridgehead atoms. The van der Waals surface area contributed by atoms with Crippen LogP contribution in [-0.2, 0) is 12.7 Å². The quantitative estimate of drug-likeness (QED) is 0.795. The van der Waals surface area contributed by atoms with Crippen LogP contribution in [0.4, 0.5) is 19.1 Å². The van der Waals surface area contributed by atoms with Gasteiger partial charge in [-0.05, 0) is 18.2 Å². The molecular formula is C14H10F3N5O. The molecule has 0 spiro atoms. The molecule has 0 aliphatic heterocycles. The average molecular weight is 321 g/mol. The molecular weight excluding hydrogens is 311 g/mol. The Morgan fingerprint density at radius 1 is 1.04 bits per heavy atom. The van der Waals surface area contributed by atoms with Gasteiger partial charge < -0.3 is 9.84 Å². The third kappa shape index (κ3) is 3.62. The Labute approximate surface area is 128 Å². The van der Waals surface area contributed by atoms with Crippen molar-refractivity contribution in [1.29, 1.82) is 0 Å². The zero-order valence-corrected chi connectivity index (χ0v) is 11.6. The molecule has 3 aromatic rings. The molecule has 9 heteroatoms. The summed E-state index contributed by atoms with van der Waals surface area (Å²) in [5.74, 6) is 0.280.